The van der Waals surface area contributed by atoms with Gasteiger partial charge in [0.2, 0.25) is 0 Å². The Bertz CT molecular complexity index is 576. The van der Waals surface area contributed by atoms with Gasteiger partial charge in [-0.2, -0.15) is 0 Å². The monoisotopic (exact) mass is 337 g/mol. The van der Waals surface area contributed by atoms with Gasteiger partial charge < -0.3 is 20.3 Å². The molecule has 2 rings (SSSR count). The number of piperazine rings is 1. The average molecular weight is 337 g/mol. The van der Waals surface area contributed by atoms with Crippen molar-refractivity contribution in [3.63, 3.8) is 0 Å². The molecule has 1 aliphatic rings. The van der Waals surface area contributed by atoms with Gasteiger partial charge in [0.05, 0.1) is 0 Å². The Morgan fingerprint density at radius 2 is 1.87 bits per heavy atom. The van der Waals surface area contributed by atoms with Crippen molar-refractivity contribution in [1.82, 2.24) is 4.90 Å². The number of hydrogen-bond donors (Lipinski definition) is 2. The standard InChI is InChI=1S/C17H27N3O2S/c1-12-14(9-13(11-18)10-15(12)23)19-5-7-20(8-6-19)16(21)22-17(2,3)4/h9-10,23H,5-8,11,18H2,1-4H3. The fraction of sp³-hybridized carbons (Fsp3) is 0.588. The Morgan fingerprint density at radius 1 is 1.26 bits per heavy atom. The van der Waals surface area contributed by atoms with E-state index in [-0.39, 0.29) is 6.09 Å². The lowest BCUT2D eigenvalue weighted by molar-refractivity contribution is 0.0240. The highest BCUT2D eigenvalue weighted by atomic mass is 32.1. The molecule has 1 aromatic rings. The van der Waals surface area contributed by atoms with Crippen LogP contribution in [0.15, 0.2) is 17.0 Å². The van der Waals surface area contributed by atoms with Gasteiger partial charge in [0.25, 0.3) is 0 Å². The minimum absolute atomic E-state index is 0.237. The van der Waals surface area contributed by atoms with E-state index in [1.54, 1.807) is 4.90 Å². The normalized spacial score (nSPS) is 15.7. The van der Waals surface area contributed by atoms with Crippen LogP contribution in [0.3, 0.4) is 0 Å². The first-order valence-corrected chi connectivity index (χ1v) is 8.41. The van der Waals surface area contributed by atoms with Crippen molar-refractivity contribution >= 4 is 24.4 Å². The number of benzene rings is 1. The molecule has 0 unspecified atom stereocenters. The Morgan fingerprint density at radius 3 is 2.39 bits per heavy atom. The summed E-state index contributed by atoms with van der Waals surface area (Å²) in [5, 5.41) is 0. The summed E-state index contributed by atoms with van der Waals surface area (Å²) in [6, 6.07) is 4.14. The predicted molar refractivity (Wildman–Crippen MR) is 96.3 cm³/mol. The molecule has 0 saturated carbocycles. The fourth-order valence-corrected chi connectivity index (χ4v) is 2.92. The van der Waals surface area contributed by atoms with E-state index in [1.807, 2.05) is 26.8 Å². The molecule has 1 amide bonds. The van der Waals surface area contributed by atoms with Crippen LogP contribution in [0.4, 0.5) is 10.5 Å². The second kappa shape index (κ2) is 7.01. The van der Waals surface area contributed by atoms with Gasteiger partial charge in [0.15, 0.2) is 0 Å². The van der Waals surface area contributed by atoms with E-state index in [0.717, 1.165) is 34.8 Å². The molecule has 23 heavy (non-hydrogen) atoms. The third-order valence-corrected chi connectivity index (χ3v) is 4.38. The molecule has 2 N–H and O–H groups in total. The zero-order chi connectivity index (χ0) is 17.2. The third-order valence-electron chi connectivity index (χ3n) is 3.92. The third kappa shape index (κ3) is 4.54. The molecular formula is C17H27N3O2S. The quantitative estimate of drug-likeness (QED) is 0.815. The lowest BCUT2D eigenvalue weighted by atomic mass is 10.1. The van der Waals surface area contributed by atoms with Gasteiger partial charge in [-0.25, -0.2) is 4.79 Å². The number of amides is 1. The van der Waals surface area contributed by atoms with Gasteiger partial charge in [-0.1, -0.05) is 0 Å². The van der Waals surface area contributed by atoms with Gasteiger partial charge in [0, 0.05) is 43.3 Å². The van der Waals surface area contributed by atoms with Crippen molar-refractivity contribution in [1.29, 1.82) is 0 Å². The smallest absolute Gasteiger partial charge is 0.410 e. The molecule has 0 aromatic heterocycles. The lowest BCUT2D eigenvalue weighted by Crippen LogP contribution is -2.50. The van der Waals surface area contributed by atoms with Crippen LogP contribution in [0.2, 0.25) is 0 Å². The van der Waals surface area contributed by atoms with E-state index in [2.05, 4.69) is 30.5 Å². The second-order valence-electron chi connectivity index (χ2n) is 6.92. The van der Waals surface area contributed by atoms with E-state index < -0.39 is 5.60 Å². The first kappa shape index (κ1) is 17.9. The maximum atomic E-state index is 12.1. The Labute approximate surface area is 144 Å². The molecule has 1 heterocycles. The van der Waals surface area contributed by atoms with Gasteiger partial charge in [-0.05, 0) is 51.0 Å². The Hall–Kier alpha value is -1.40. The van der Waals surface area contributed by atoms with Crippen molar-refractivity contribution in [2.45, 2.75) is 44.7 Å². The molecule has 0 atom stereocenters. The summed E-state index contributed by atoms with van der Waals surface area (Å²) < 4.78 is 5.44. The van der Waals surface area contributed by atoms with Crippen LogP contribution in [0.25, 0.3) is 0 Å². The molecule has 1 aliphatic heterocycles. The van der Waals surface area contributed by atoms with Crippen molar-refractivity contribution < 1.29 is 9.53 Å². The van der Waals surface area contributed by atoms with Crippen LogP contribution >= 0.6 is 12.6 Å². The number of hydrogen-bond acceptors (Lipinski definition) is 5. The number of anilines is 1. The van der Waals surface area contributed by atoms with Gasteiger partial charge in [-0.3, -0.25) is 0 Å². The highest BCUT2D eigenvalue weighted by Gasteiger charge is 2.26. The Balaban J connectivity index is 2.05. The maximum absolute atomic E-state index is 12.1. The zero-order valence-electron chi connectivity index (χ0n) is 14.4. The predicted octanol–water partition coefficient (Wildman–Crippen LogP) is 2.80. The van der Waals surface area contributed by atoms with Crippen LogP contribution in [0, 0.1) is 6.92 Å². The minimum atomic E-state index is -0.457. The lowest BCUT2D eigenvalue weighted by Gasteiger charge is -2.37. The van der Waals surface area contributed by atoms with E-state index in [0.29, 0.717) is 19.6 Å². The molecule has 5 nitrogen and oxygen atoms in total. The maximum Gasteiger partial charge on any atom is 0.410 e. The first-order valence-electron chi connectivity index (χ1n) is 7.96. The minimum Gasteiger partial charge on any atom is -0.444 e. The molecule has 1 saturated heterocycles. The Kier molecular flexibility index (Phi) is 5.47. The number of rotatable bonds is 2. The number of thiol groups is 1. The van der Waals surface area contributed by atoms with E-state index in [1.165, 1.54) is 0 Å². The largest absolute Gasteiger partial charge is 0.444 e. The molecule has 1 aromatic carbocycles. The second-order valence-corrected chi connectivity index (χ2v) is 7.40. The van der Waals surface area contributed by atoms with Crippen molar-refractivity contribution in [2.24, 2.45) is 5.73 Å². The van der Waals surface area contributed by atoms with Crippen molar-refractivity contribution in [3.8, 4) is 0 Å². The number of nitrogens with two attached hydrogens (primary N) is 1. The average Bonchev–Trinajstić information content (AvgIpc) is 2.48. The molecule has 0 radical (unpaired) electrons. The van der Waals surface area contributed by atoms with Crippen LogP contribution in [0.5, 0.6) is 0 Å². The van der Waals surface area contributed by atoms with Gasteiger partial charge in [-0.15, -0.1) is 12.6 Å². The number of carbonyl (C=O) groups excluding carboxylic acids is 1. The van der Waals surface area contributed by atoms with Gasteiger partial charge in [0.1, 0.15) is 5.60 Å². The highest BCUT2D eigenvalue weighted by Crippen LogP contribution is 2.28. The summed E-state index contributed by atoms with van der Waals surface area (Å²) in [5.41, 5.74) is 8.69. The zero-order valence-corrected chi connectivity index (χ0v) is 15.3. The molecule has 6 heteroatoms. The summed E-state index contributed by atoms with van der Waals surface area (Å²) in [4.78, 5) is 17.1. The first-order chi connectivity index (χ1) is 10.7. The van der Waals surface area contributed by atoms with E-state index >= 15 is 0 Å². The van der Waals surface area contributed by atoms with Crippen LogP contribution in [-0.2, 0) is 11.3 Å². The van der Waals surface area contributed by atoms with Crippen molar-refractivity contribution in [2.75, 3.05) is 31.1 Å². The summed E-state index contributed by atoms with van der Waals surface area (Å²) in [5.74, 6) is 0. The SMILES string of the molecule is Cc1c(S)cc(CN)cc1N1CCN(C(=O)OC(C)(C)C)CC1. The topological polar surface area (TPSA) is 58.8 Å². The van der Waals surface area contributed by atoms with Gasteiger partial charge >= 0.3 is 6.09 Å². The molecule has 0 aliphatic carbocycles. The number of nitrogens with zero attached hydrogens (tertiary/aromatic N) is 2. The van der Waals surface area contributed by atoms with Crippen molar-refractivity contribution in [3.05, 3.63) is 23.3 Å². The number of ether oxygens (including phenoxy) is 1. The van der Waals surface area contributed by atoms with E-state index in [4.69, 9.17) is 10.5 Å². The molecule has 128 valence electrons. The summed E-state index contributed by atoms with van der Waals surface area (Å²) in [6.07, 6.45) is -0.237. The van der Waals surface area contributed by atoms with Crippen LogP contribution < -0.4 is 10.6 Å². The fourth-order valence-electron chi connectivity index (χ4n) is 2.64. The van der Waals surface area contributed by atoms with E-state index in [9.17, 15) is 4.79 Å². The molecular weight excluding hydrogens is 310 g/mol. The van der Waals surface area contributed by atoms with Crippen LogP contribution in [0.1, 0.15) is 31.9 Å². The molecule has 0 bridgehead atoms. The summed E-state index contributed by atoms with van der Waals surface area (Å²) in [6.45, 7) is 11.1. The molecule has 0 spiro atoms. The summed E-state index contributed by atoms with van der Waals surface area (Å²) in [7, 11) is 0. The highest BCUT2D eigenvalue weighted by molar-refractivity contribution is 7.80. The summed E-state index contributed by atoms with van der Waals surface area (Å²) >= 11 is 4.54. The van der Waals surface area contributed by atoms with Crippen LogP contribution in [-0.4, -0.2) is 42.8 Å². The molecule has 1 fully saturated rings. The number of carbonyl (C=O) groups is 1.